The Balaban J connectivity index is 2.12. The number of primary amides is 1. The van der Waals surface area contributed by atoms with Gasteiger partial charge in [0.25, 0.3) is 0 Å². The number of hydrogen-bond donors (Lipinski definition) is 2. The van der Waals surface area contributed by atoms with Gasteiger partial charge >= 0.3 is 0 Å². The maximum Gasteiger partial charge on any atom is 0.240 e. The summed E-state index contributed by atoms with van der Waals surface area (Å²) in [5, 5.41) is 3.32. The Morgan fingerprint density at radius 1 is 1.42 bits per heavy atom. The zero-order valence-electron chi connectivity index (χ0n) is 11.2. The van der Waals surface area contributed by atoms with Gasteiger partial charge in [0, 0.05) is 10.2 Å². The van der Waals surface area contributed by atoms with Crippen molar-refractivity contribution in [2.24, 2.45) is 17.6 Å². The minimum atomic E-state index is -0.276. The van der Waals surface area contributed by atoms with Crippen molar-refractivity contribution in [1.82, 2.24) is 0 Å². The number of carbonyl (C=O) groups is 1. The number of nitrogens with two attached hydrogens (primary N) is 1. The Morgan fingerprint density at radius 3 is 2.79 bits per heavy atom. The predicted octanol–water partition coefficient (Wildman–Crippen LogP) is 3.54. The summed E-state index contributed by atoms with van der Waals surface area (Å²) < 4.78 is 0.963. The van der Waals surface area contributed by atoms with Crippen LogP contribution < -0.4 is 11.1 Å². The molecule has 1 aromatic carbocycles. The van der Waals surface area contributed by atoms with Crippen molar-refractivity contribution in [3.63, 3.8) is 0 Å². The molecule has 4 heteroatoms. The molecular weight excluding hydrogens is 304 g/mol. The van der Waals surface area contributed by atoms with Crippen LogP contribution in [0, 0.1) is 11.8 Å². The molecule has 0 aliphatic heterocycles. The second kappa shape index (κ2) is 6.42. The number of amides is 1. The number of benzene rings is 1. The summed E-state index contributed by atoms with van der Waals surface area (Å²) >= 11 is 3.50. The molecule has 1 fully saturated rings. The molecule has 3 N–H and O–H groups in total. The van der Waals surface area contributed by atoms with E-state index in [1.165, 1.54) is 12.8 Å². The van der Waals surface area contributed by atoms with E-state index in [-0.39, 0.29) is 11.9 Å². The Kier molecular flexibility index (Phi) is 4.86. The first-order chi connectivity index (χ1) is 9.08. The lowest BCUT2D eigenvalue weighted by molar-refractivity contribution is -0.120. The van der Waals surface area contributed by atoms with E-state index < -0.39 is 0 Å². The van der Waals surface area contributed by atoms with Gasteiger partial charge in [0.05, 0.1) is 0 Å². The lowest BCUT2D eigenvalue weighted by Gasteiger charge is -2.32. The minimum Gasteiger partial charge on any atom is -0.373 e. The summed E-state index contributed by atoms with van der Waals surface area (Å²) in [5.41, 5.74) is 6.53. The maximum atomic E-state index is 11.8. The average Bonchev–Trinajstić information content (AvgIpc) is 2.37. The van der Waals surface area contributed by atoms with Gasteiger partial charge in [0.15, 0.2) is 0 Å². The van der Waals surface area contributed by atoms with Gasteiger partial charge in [0.1, 0.15) is 6.04 Å². The highest BCUT2D eigenvalue weighted by Crippen LogP contribution is 2.33. The fourth-order valence-electron chi connectivity index (χ4n) is 2.95. The van der Waals surface area contributed by atoms with E-state index in [9.17, 15) is 4.79 Å². The van der Waals surface area contributed by atoms with E-state index in [0.29, 0.717) is 11.8 Å². The number of carbonyl (C=O) groups excluding carboxylic acids is 1. The molecule has 1 amide bonds. The zero-order valence-corrected chi connectivity index (χ0v) is 12.8. The quantitative estimate of drug-likeness (QED) is 0.889. The van der Waals surface area contributed by atoms with E-state index in [1.807, 2.05) is 24.3 Å². The third kappa shape index (κ3) is 3.72. The molecule has 1 aliphatic carbocycles. The van der Waals surface area contributed by atoms with Crippen LogP contribution in [0.3, 0.4) is 0 Å². The van der Waals surface area contributed by atoms with Crippen molar-refractivity contribution in [3.8, 4) is 0 Å². The Morgan fingerprint density at radius 2 is 2.16 bits per heavy atom. The van der Waals surface area contributed by atoms with Crippen LogP contribution in [0.15, 0.2) is 28.7 Å². The zero-order chi connectivity index (χ0) is 13.8. The number of para-hydroxylation sites is 1. The molecule has 0 spiro atoms. The molecule has 0 aromatic heterocycles. The largest absolute Gasteiger partial charge is 0.373 e. The highest BCUT2D eigenvalue weighted by atomic mass is 79.9. The molecule has 2 rings (SSSR count). The van der Waals surface area contributed by atoms with Gasteiger partial charge in [-0.15, -0.1) is 0 Å². The highest BCUT2D eigenvalue weighted by molar-refractivity contribution is 9.10. The van der Waals surface area contributed by atoms with Crippen LogP contribution in [0.5, 0.6) is 0 Å². The topological polar surface area (TPSA) is 55.1 Å². The van der Waals surface area contributed by atoms with Crippen LogP contribution in [-0.2, 0) is 4.79 Å². The highest BCUT2D eigenvalue weighted by Gasteiger charge is 2.30. The molecule has 3 nitrogen and oxygen atoms in total. The van der Waals surface area contributed by atoms with Gasteiger partial charge in [-0.3, -0.25) is 4.79 Å². The Hall–Kier alpha value is -1.03. The van der Waals surface area contributed by atoms with Crippen LogP contribution in [0.1, 0.15) is 32.6 Å². The molecule has 3 atom stereocenters. The molecule has 1 aliphatic rings. The number of hydrogen-bond acceptors (Lipinski definition) is 2. The summed E-state index contributed by atoms with van der Waals surface area (Å²) in [6, 6.07) is 7.56. The first kappa shape index (κ1) is 14.4. The third-order valence-corrected chi connectivity index (χ3v) is 4.63. The van der Waals surface area contributed by atoms with Gasteiger partial charge in [-0.1, -0.05) is 31.9 Å². The molecule has 104 valence electrons. The van der Waals surface area contributed by atoms with Crippen LogP contribution in [0.4, 0.5) is 5.69 Å². The normalized spacial score (nSPS) is 24.7. The fourth-order valence-corrected chi connectivity index (χ4v) is 3.35. The lowest BCUT2D eigenvalue weighted by Crippen LogP contribution is -2.43. The molecule has 0 heterocycles. The molecule has 1 aromatic rings. The van der Waals surface area contributed by atoms with Crippen molar-refractivity contribution in [1.29, 1.82) is 0 Å². The predicted molar refractivity (Wildman–Crippen MR) is 81.9 cm³/mol. The lowest BCUT2D eigenvalue weighted by atomic mass is 9.78. The maximum absolute atomic E-state index is 11.8. The summed E-state index contributed by atoms with van der Waals surface area (Å²) in [6.45, 7) is 2.25. The number of anilines is 1. The molecule has 0 saturated heterocycles. The summed E-state index contributed by atoms with van der Waals surface area (Å²) in [5.74, 6) is 0.768. The van der Waals surface area contributed by atoms with Crippen LogP contribution in [0.25, 0.3) is 0 Å². The standard InChI is InChI=1S/C15H21BrN2O/c1-10-5-4-6-11(9-10)14(15(17)19)18-13-8-3-2-7-12(13)16/h2-3,7-8,10-11,14,18H,4-6,9H2,1H3,(H2,17,19). The van der Waals surface area contributed by atoms with E-state index in [1.54, 1.807) is 0 Å². The second-order valence-corrected chi connectivity index (χ2v) is 6.39. The van der Waals surface area contributed by atoms with E-state index >= 15 is 0 Å². The first-order valence-corrected chi connectivity index (χ1v) is 7.67. The van der Waals surface area contributed by atoms with Crippen LogP contribution >= 0.6 is 15.9 Å². The average molecular weight is 325 g/mol. The molecule has 0 radical (unpaired) electrons. The summed E-state index contributed by atoms with van der Waals surface area (Å²) in [6.07, 6.45) is 4.60. The molecule has 19 heavy (non-hydrogen) atoms. The smallest absolute Gasteiger partial charge is 0.240 e. The van der Waals surface area contributed by atoms with Gasteiger partial charge in [-0.2, -0.15) is 0 Å². The number of nitrogens with one attached hydrogen (secondary N) is 1. The van der Waals surface area contributed by atoms with E-state index in [2.05, 4.69) is 28.2 Å². The second-order valence-electron chi connectivity index (χ2n) is 5.54. The number of halogens is 1. The molecular formula is C15H21BrN2O. The summed E-state index contributed by atoms with van der Waals surface area (Å²) in [7, 11) is 0. The van der Waals surface area contributed by atoms with E-state index in [4.69, 9.17) is 5.73 Å². The van der Waals surface area contributed by atoms with Crippen molar-refractivity contribution < 1.29 is 4.79 Å². The van der Waals surface area contributed by atoms with Gasteiger partial charge in [-0.25, -0.2) is 0 Å². The molecule has 0 bridgehead atoms. The van der Waals surface area contributed by atoms with Crippen LogP contribution in [0.2, 0.25) is 0 Å². The third-order valence-electron chi connectivity index (χ3n) is 3.94. The summed E-state index contributed by atoms with van der Waals surface area (Å²) in [4.78, 5) is 11.8. The Bertz CT molecular complexity index is 450. The van der Waals surface area contributed by atoms with Gasteiger partial charge in [0.2, 0.25) is 5.91 Å². The van der Waals surface area contributed by atoms with E-state index in [0.717, 1.165) is 23.0 Å². The monoisotopic (exact) mass is 324 g/mol. The van der Waals surface area contributed by atoms with Gasteiger partial charge in [-0.05, 0) is 52.7 Å². The molecule has 3 unspecified atom stereocenters. The minimum absolute atomic E-state index is 0.255. The van der Waals surface area contributed by atoms with Crippen molar-refractivity contribution in [2.75, 3.05) is 5.32 Å². The molecule has 1 saturated carbocycles. The van der Waals surface area contributed by atoms with Crippen molar-refractivity contribution in [2.45, 2.75) is 38.6 Å². The first-order valence-electron chi connectivity index (χ1n) is 6.88. The van der Waals surface area contributed by atoms with Gasteiger partial charge < -0.3 is 11.1 Å². The van der Waals surface area contributed by atoms with Crippen molar-refractivity contribution >= 4 is 27.5 Å². The SMILES string of the molecule is CC1CCCC(C(Nc2ccccc2Br)C(N)=O)C1. The van der Waals surface area contributed by atoms with Crippen LogP contribution in [-0.4, -0.2) is 11.9 Å². The fraction of sp³-hybridized carbons (Fsp3) is 0.533. The van der Waals surface area contributed by atoms with Crippen molar-refractivity contribution in [3.05, 3.63) is 28.7 Å². The Labute approximate surface area is 123 Å². The number of rotatable bonds is 4.